The van der Waals surface area contributed by atoms with Crippen LogP contribution >= 0.6 is 0 Å². The van der Waals surface area contributed by atoms with Gasteiger partial charge in [0.25, 0.3) is 0 Å². The van der Waals surface area contributed by atoms with Crippen molar-refractivity contribution in [1.82, 2.24) is 10.2 Å². The summed E-state index contributed by atoms with van der Waals surface area (Å²) in [5, 5.41) is 3.60. The van der Waals surface area contributed by atoms with E-state index in [0.29, 0.717) is 12.8 Å². The van der Waals surface area contributed by atoms with Gasteiger partial charge in [-0.3, -0.25) is 4.90 Å². The van der Waals surface area contributed by atoms with Crippen molar-refractivity contribution in [1.29, 1.82) is 0 Å². The number of hydrogen-bond acceptors (Lipinski definition) is 4. The standard InChI is InChI=1S/C15H22N2O2/c1-2-6-16-13-5-7-17(10-13)9-12-3-4-14-15(8-12)19-11-18-14/h3-4,8,13,16H,2,5-7,9-11H2,1H3. The first-order valence-corrected chi connectivity index (χ1v) is 7.19. The maximum Gasteiger partial charge on any atom is 0.231 e. The van der Waals surface area contributed by atoms with Crippen molar-refractivity contribution in [2.24, 2.45) is 0 Å². The lowest BCUT2D eigenvalue weighted by atomic mass is 10.2. The summed E-state index contributed by atoms with van der Waals surface area (Å²) in [4.78, 5) is 2.50. The zero-order valence-corrected chi connectivity index (χ0v) is 11.5. The topological polar surface area (TPSA) is 33.7 Å². The number of rotatable bonds is 5. The Morgan fingerprint density at radius 2 is 2.21 bits per heavy atom. The molecule has 2 aliphatic rings. The van der Waals surface area contributed by atoms with E-state index in [-0.39, 0.29) is 0 Å². The highest BCUT2D eigenvalue weighted by Crippen LogP contribution is 2.33. The van der Waals surface area contributed by atoms with Gasteiger partial charge < -0.3 is 14.8 Å². The van der Waals surface area contributed by atoms with Crippen molar-refractivity contribution in [2.45, 2.75) is 32.4 Å². The molecule has 2 heterocycles. The monoisotopic (exact) mass is 262 g/mol. The highest BCUT2D eigenvalue weighted by Gasteiger charge is 2.22. The van der Waals surface area contributed by atoms with E-state index >= 15 is 0 Å². The smallest absolute Gasteiger partial charge is 0.231 e. The van der Waals surface area contributed by atoms with Crippen LogP contribution in [-0.2, 0) is 6.54 Å². The molecule has 19 heavy (non-hydrogen) atoms. The normalized spacial score (nSPS) is 22.1. The van der Waals surface area contributed by atoms with E-state index in [9.17, 15) is 0 Å². The van der Waals surface area contributed by atoms with E-state index in [1.165, 1.54) is 24.9 Å². The second kappa shape index (κ2) is 5.80. The fraction of sp³-hybridized carbons (Fsp3) is 0.600. The molecule has 0 spiro atoms. The van der Waals surface area contributed by atoms with E-state index in [0.717, 1.165) is 31.1 Å². The van der Waals surface area contributed by atoms with Crippen LogP contribution in [0, 0.1) is 0 Å². The molecule has 1 aromatic carbocycles. The first kappa shape index (κ1) is 12.8. The summed E-state index contributed by atoms with van der Waals surface area (Å²) >= 11 is 0. The third-order valence-corrected chi connectivity index (χ3v) is 3.80. The van der Waals surface area contributed by atoms with E-state index < -0.39 is 0 Å². The van der Waals surface area contributed by atoms with Gasteiger partial charge in [-0.15, -0.1) is 0 Å². The molecule has 0 bridgehead atoms. The number of ether oxygens (including phenoxy) is 2. The highest BCUT2D eigenvalue weighted by molar-refractivity contribution is 5.44. The Labute approximate surface area is 114 Å². The molecule has 0 aliphatic carbocycles. The lowest BCUT2D eigenvalue weighted by Gasteiger charge is -2.16. The minimum Gasteiger partial charge on any atom is -0.454 e. The molecule has 0 saturated carbocycles. The van der Waals surface area contributed by atoms with Crippen LogP contribution < -0.4 is 14.8 Å². The Hall–Kier alpha value is -1.26. The van der Waals surface area contributed by atoms with Crippen LogP contribution in [0.15, 0.2) is 18.2 Å². The first-order chi connectivity index (χ1) is 9.35. The van der Waals surface area contributed by atoms with E-state index in [1.54, 1.807) is 0 Å². The minimum atomic E-state index is 0.353. The average Bonchev–Trinajstić information content (AvgIpc) is 3.05. The SMILES string of the molecule is CCCNC1CCN(Cc2ccc3c(c2)OCO3)C1. The minimum absolute atomic E-state index is 0.353. The van der Waals surface area contributed by atoms with Crippen LogP contribution in [0.2, 0.25) is 0 Å². The molecule has 4 heteroatoms. The van der Waals surface area contributed by atoms with Gasteiger partial charge in [-0.1, -0.05) is 13.0 Å². The van der Waals surface area contributed by atoms with Gasteiger partial charge in [-0.05, 0) is 37.1 Å². The lowest BCUT2D eigenvalue weighted by molar-refractivity contribution is 0.174. The Balaban J connectivity index is 1.54. The van der Waals surface area contributed by atoms with Crippen LogP contribution in [0.5, 0.6) is 11.5 Å². The molecule has 1 N–H and O–H groups in total. The largest absolute Gasteiger partial charge is 0.454 e. The van der Waals surface area contributed by atoms with E-state index in [4.69, 9.17) is 9.47 Å². The predicted molar refractivity (Wildman–Crippen MR) is 74.5 cm³/mol. The summed E-state index contributed by atoms with van der Waals surface area (Å²) in [6, 6.07) is 6.92. The number of benzene rings is 1. The molecular formula is C15H22N2O2. The zero-order valence-electron chi connectivity index (χ0n) is 11.5. The second-order valence-electron chi connectivity index (χ2n) is 5.36. The summed E-state index contributed by atoms with van der Waals surface area (Å²) in [7, 11) is 0. The second-order valence-corrected chi connectivity index (χ2v) is 5.36. The van der Waals surface area contributed by atoms with Crippen LogP contribution in [0.1, 0.15) is 25.3 Å². The molecule has 1 aromatic rings. The summed E-state index contributed by atoms with van der Waals surface area (Å²) in [5.74, 6) is 1.75. The van der Waals surface area contributed by atoms with Crippen molar-refractivity contribution < 1.29 is 9.47 Å². The maximum atomic E-state index is 5.42. The van der Waals surface area contributed by atoms with Gasteiger partial charge in [-0.25, -0.2) is 0 Å². The number of fused-ring (bicyclic) bond motifs is 1. The van der Waals surface area contributed by atoms with Crippen LogP contribution in [0.4, 0.5) is 0 Å². The third-order valence-electron chi connectivity index (χ3n) is 3.80. The van der Waals surface area contributed by atoms with Gasteiger partial charge in [0.15, 0.2) is 11.5 Å². The molecule has 1 fully saturated rings. The van der Waals surface area contributed by atoms with Gasteiger partial charge in [0.1, 0.15) is 0 Å². The first-order valence-electron chi connectivity index (χ1n) is 7.19. The Bertz CT molecular complexity index is 436. The molecule has 0 aromatic heterocycles. The molecular weight excluding hydrogens is 240 g/mol. The molecule has 1 atom stereocenters. The number of nitrogens with zero attached hydrogens (tertiary/aromatic N) is 1. The number of nitrogens with one attached hydrogen (secondary N) is 1. The van der Waals surface area contributed by atoms with Crippen LogP contribution in [0.25, 0.3) is 0 Å². The van der Waals surface area contributed by atoms with Gasteiger partial charge >= 0.3 is 0 Å². The zero-order chi connectivity index (χ0) is 13.1. The summed E-state index contributed by atoms with van der Waals surface area (Å²) in [6.45, 7) is 7.02. The van der Waals surface area contributed by atoms with Crippen molar-refractivity contribution in [3.8, 4) is 11.5 Å². The molecule has 4 nitrogen and oxygen atoms in total. The van der Waals surface area contributed by atoms with Crippen LogP contribution in [0.3, 0.4) is 0 Å². The predicted octanol–water partition coefficient (Wildman–Crippen LogP) is 1.99. The molecule has 3 rings (SSSR count). The summed E-state index contributed by atoms with van der Waals surface area (Å²) < 4.78 is 10.8. The van der Waals surface area contributed by atoms with Gasteiger partial charge in [0.2, 0.25) is 6.79 Å². The van der Waals surface area contributed by atoms with Gasteiger partial charge in [0, 0.05) is 25.7 Å². The maximum absolute atomic E-state index is 5.42. The Morgan fingerprint density at radius 1 is 1.32 bits per heavy atom. The van der Waals surface area contributed by atoms with Crippen molar-refractivity contribution in [3.05, 3.63) is 23.8 Å². The van der Waals surface area contributed by atoms with E-state index in [1.807, 2.05) is 6.07 Å². The quantitative estimate of drug-likeness (QED) is 0.880. The molecule has 104 valence electrons. The van der Waals surface area contributed by atoms with Crippen molar-refractivity contribution in [3.63, 3.8) is 0 Å². The summed E-state index contributed by atoms with van der Waals surface area (Å²) in [6.07, 6.45) is 2.46. The number of likely N-dealkylation sites (tertiary alicyclic amines) is 1. The molecule has 0 radical (unpaired) electrons. The van der Waals surface area contributed by atoms with Gasteiger partial charge in [-0.2, -0.15) is 0 Å². The fourth-order valence-corrected chi connectivity index (χ4v) is 2.79. The molecule has 2 aliphatic heterocycles. The molecule has 0 amide bonds. The summed E-state index contributed by atoms with van der Waals surface area (Å²) in [5.41, 5.74) is 1.31. The van der Waals surface area contributed by atoms with E-state index in [2.05, 4.69) is 29.3 Å². The van der Waals surface area contributed by atoms with Crippen molar-refractivity contribution in [2.75, 3.05) is 26.4 Å². The molecule has 1 saturated heterocycles. The molecule has 1 unspecified atom stereocenters. The fourth-order valence-electron chi connectivity index (χ4n) is 2.79. The lowest BCUT2D eigenvalue weighted by Crippen LogP contribution is -2.32. The third kappa shape index (κ3) is 3.01. The van der Waals surface area contributed by atoms with Crippen molar-refractivity contribution >= 4 is 0 Å². The Morgan fingerprint density at radius 3 is 3.11 bits per heavy atom. The average molecular weight is 262 g/mol. The van der Waals surface area contributed by atoms with Gasteiger partial charge in [0.05, 0.1) is 0 Å². The highest BCUT2D eigenvalue weighted by atomic mass is 16.7. The van der Waals surface area contributed by atoms with Crippen LogP contribution in [-0.4, -0.2) is 37.4 Å². The Kier molecular flexibility index (Phi) is 3.89. The number of hydrogen-bond donors (Lipinski definition) is 1.